The fourth-order valence-electron chi connectivity index (χ4n) is 1.86. The largest absolute Gasteiger partial charge is 0.598 e. The summed E-state index contributed by atoms with van der Waals surface area (Å²) in [6, 6.07) is 6.31. The Labute approximate surface area is 112 Å². The Hall–Kier alpha value is -0.710. The van der Waals surface area contributed by atoms with Gasteiger partial charge in [-0.15, -0.1) is 4.72 Å². The molecule has 2 atom stereocenters. The molecule has 0 bridgehead atoms. The highest BCUT2D eigenvalue weighted by Gasteiger charge is 2.28. The van der Waals surface area contributed by atoms with E-state index in [0.29, 0.717) is 0 Å². The molecule has 1 aromatic rings. The molecule has 3 nitrogen and oxygen atoms in total. The molecular formula is C14H21NO2S. The third kappa shape index (κ3) is 2.99. The fraction of sp³-hybridized carbons (Fsp3) is 0.571. The first-order valence-corrected chi connectivity index (χ1v) is 7.46. The molecule has 1 heterocycles. The molecule has 100 valence electrons. The van der Waals surface area contributed by atoms with E-state index in [9.17, 15) is 4.55 Å². The van der Waals surface area contributed by atoms with E-state index in [2.05, 4.69) is 22.9 Å². The van der Waals surface area contributed by atoms with E-state index in [1.807, 2.05) is 27.7 Å². The summed E-state index contributed by atoms with van der Waals surface area (Å²) in [5.41, 5.74) is 2.39. The van der Waals surface area contributed by atoms with Crippen molar-refractivity contribution in [3.63, 3.8) is 0 Å². The van der Waals surface area contributed by atoms with E-state index in [1.54, 1.807) is 0 Å². The van der Waals surface area contributed by atoms with Crippen molar-refractivity contribution in [1.82, 2.24) is 4.72 Å². The van der Waals surface area contributed by atoms with Gasteiger partial charge in [0.25, 0.3) is 0 Å². The van der Waals surface area contributed by atoms with Crippen LogP contribution in [0.15, 0.2) is 18.2 Å². The Bertz CT molecular complexity index is 428. The monoisotopic (exact) mass is 267 g/mol. The molecule has 0 saturated heterocycles. The lowest BCUT2D eigenvalue weighted by molar-refractivity contribution is 0.356. The Morgan fingerprint density at radius 2 is 2.11 bits per heavy atom. The molecule has 4 heteroatoms. The van der Waals surface area contributed by atoms with Crippen LogP contribution in [0, 0.1) is 0 Å². The summed E-state index contributed by atoms with van der Waals surface area (Å²) in [5.74, 6) is 0.975. The van der Waals surface area contributed by atoms with Gasteiger partial charge in [-0.3, -0.25) is 0 Å². The molecular weight excluding hydrogens is 246 g/mol. The number of benzene rings is 1. The molecule has 2 unspecified atom stereocenters. The van der Waals surface area contributed by atoms with Crippen molar-refractivity contribution < 1.29 is 9.29 Å². The predicted octanol–water partition coefficient (Wildman–Crippen LogP) is 2.73. The Morgan fingerprint density at radius 1 is 1.39 bits per heavy atom. The smallest absolute Gasteiger partial charge is 0.136 e. The fourth-order valence-corrected chi connectivity index (χ4v) is 2.67. The Balaban J connectivity index is 2.07. The van der Waals surface area contributed by atoms with Gasteiger partial charge < -0.3 is 9.29 Å². The molecule has 0 radical (unpaired) electrons. The van der Waals surface area contributed by atoms with Crippen molar-refractivity contribution in [3.8, 4) is 5.75 Å². The van der Waals surface area contributed by atoms with Crippen LogP contribution in [0.25, 0.3) is 0 Å². The molecule has 0 spiro atoms. The Morgan fingerprint density at radius 3 is 2.78 bits per heavy atom. The number of rotatable bonds is 3. The molecule has 1 N–H and O–H groups in total. The molecule has 0 saturated carbocycles. The second kappa shape index (κ2) is 5.11. The lowest BCUT2D eigenvalue weighted by atomic mass is 10.1. The van der Waals surface area contributed by atoms with Crippen molar-refractivity contribution in [2.75, 3.05) is 6.61 Å². The van der Waals surface area contributed by atoms with E-state index in [-0.39, 0.29) is 10.8 Å². The number of hydrogen-bond acceptors (Lipinski definition) is 3. The van der Waals surface area contributed by atoms with Gasteiger partial charge in [0.15, 0.2) is 0 Å². The summed E-state index contributed by atoms with van der Waals surface area (Å²) < 4.78 is 20.5. The van der Waals surface area contributed by atoms with Crippen molar-refractivity contribution >= 4 is 11.4 Å². The van der Waals surface area contributed by atoms with Crippen molar-refractivity contribution in [1.29, 1.82) is 0 Å². The van der Waals surface area contributed by atoms with Gasteiger partial charge in [0.2, 0.25) is 0 Å². The zero-order chi connectivity index (χ0) is 13.3. The molecule has 0 fully saturated rings. The minimum absolute atomic E-state index is 0.0551. The highest BCUT2D eigenvalue weighted by Crippen LogP contribution is 2.29. The molecule has 0 aliphatic carbocycles. The second-order valence-electron chi connectivity index (χ2n) is 5.69. The van der Waals surface area contributed by atoms with Crippen LogP contribution in [-0.4, -0.2) is 15.9 Å². The van der Waals surface area contributed by atoms with Crippen molar-refractivity contribution in [3.05, 3.63) is 29.3 Å². The summed E-state index contributed by atoms with van der Waals surface area (Å²) >= 11 is -1.06. The third-order valence-electron chi connectivity index (χ3n) is 3.06. The maximum Gasteiger partial charge on any atom is 0.136 e. The molecule has 2 rings (SSSR count). The summed E-state index contributed by atoms with van der Waals surface area (Å²) in [7, 11) is 0. The lowest BCUT2D eigenvalue weighted by Crippen LogP contribution is -2.40. The summed E-state index contributed by atoms with van der Waals surface area (Å²) in [5, 5.41) is 0. The molecule has 18 heavy (non-hydrogen) atoms. The topological polar surface area (TPSA) is 44.3 Å². The zero-order valence-electron chi connectivity index (χ0n) is 11.4. The maximum absolute atomic E-state index is 12.1. The van der Waals surface area contributed by atoms with E-state index in [1.165, 1.54) is 5.56 Å². The second-order valence-corrected chi connectivity index (χ2v) is 7.68. The zero-order valence-corrected chi connectivity index (χ0v) is 12.3. The van der Waals surface area contributed by atoms with Gasteiger partial charge in [0, 0.05) is 17.8 Å². The van der Waals surface area contributed by atoms with Crippen LogP contribution in [-0.2, 0) is 17.8 Å². The lowest BCUT2D eigenvalue weighted by Gasteiger charge is -2.26. The van der Waals surface area contributed by atoms with Crippen LogP contribution < -0.4 is 9.46 Å². The van der Waals surface area contributed by atoms with Crippen LogP contribution in [0.4, 0.5) is 0 Å². The quantitative estimate of drug-likeness (QED) is 0.856. The normalized spacial score (nSPS) is 18.1. The van der Waals surface area contributed by atoms with Gasteiger partial charge in [0.1, 0.15) is 10.5 Å². The summed E-state index contributed by atoms with van der Waals surface area (Å²) in [4.78, 5) is 0. The van der Waals surface area contributed by atoms with Crippen LogP contribution in [0.1, 0.15) is 44.9 Å². The number of ether oxygens (including phenoxy) is 1. The number of hydrogen-bond donors (Lipinski definition) is 1. The minimum atomic E-state index is -1.06. The van der Waals surface area contributed by atoms with Gasteiger partial charge in [-0.2, -0.15) is 0 Å². The van der Waals surface area contributed by atoms with Gasteiger partial charge in [-0.25, -0.2) is 0 Å². The highest BCUT2D eigenvalue weighted by molar-refractivity contribution is 7.90. The maximum atomic E-state index is 12.1. The van der Waals surface area contributed by atoms with Gasteiger partial charge >= 0.3 is 0 Å². The average Bonchev–Trinajstić information content (AvgIpc) is 2.74. The van der Waals surface area contributed by atoms with E-state index < -0.39 is 11.4 Å². The van der Waals surface area contributed by atoms with Crippen LogP contribution in [0.5, 0.6) is 5.75 Å². The molecule has 1 aromatic carbocycles. The number of fused-ring (bicyclic) bond motifs is 1. The van der Waals surface area contributed by atoms with Crippen LogP contribution in [0.2, 0.25) is 0 Å². The number of nitrogens with one attached hydrogen (secondary N) is 1. The van der Waals surface area contributed by atoms with Gasteiger partial charge in [-0.1, -0.05) is 12.1 Å². The SMILES string of the molecule is CC(N[S+]([O-])C(C)(C)C)c1ccc2c(c1)OCC2. The third-order valence-corrected chi connectivity index (χ3v) is 4.74. The minimum Gasteiger partial charge on any atom is -0.598 e. The Kier molecular flexibility index (Phi) is 3.90. The molecule has 0 amide bonds. The molecule has 0 aromatic heterocycles. The van der Waals surface area contributed by atoms with Crippen molar-refractivity contribution in [2.45, 2.75) is 44.9 Å². The first kappa shape index (κ1) is 13.7. The summed E-state index contributed by atoms with van der Waals surface area (Å²) in [6.07, 6.45) is 0.991. The van der Waals surface area contributed by atoms with Crippen molar-refractivity contribution in [2.24, 2.45) is 0 Å². The van der Waals surface area contributed by atoms with E-state index in [4.69, 9.17) is 4.74 Å². The van der Waals surface area contributed by atoms with Crippen LogP contribution in [0.3, 0.4) is 0 Å². The van der Waals surface area contributed by atoms with E-state index in [0.717, 1.165) is 24.3 Å². The first-order chi connectivity index (χ1) is 8.38. The molecule has 1 aliphatic rings. The van der Waals surface area contributed by atoms with Gasteiger partial charge in [-0.05, 0) is 44.9 Å². The van der Waals surface area contributed by atoms with E-state index >= 15 is 0 Å². The highest BCUT2D eigenvalue weighted by atomic mass is 32.2. The van der Waals surface area contributed by atoms with Gasteiger partial charge in [0.05, 0.1) is 12.6 Å². The van der Waals surface area contributed by atoms with Crippen LogP contribution >= 0.6 is 0 Å². The summed E-state index contributed by atoms with van der Waals surface area (Å²) in [6.45, 7) is 8.70. The molecule has 1 aliphatic heterocycles. The predicted molar refractivity (Wildman–Crippen MR) is 75.1 cm³/mol. The first-order valence-electron chi connectivity index (χ1n) is 6.31. The standard InChI is InChI=1S/C14H21NO2S/c1-10(15-18(16)14(2,3)4)12-6-5-11-7-8-17-13(11)9-12/h5-6,9-10,15H,7-8H2,1-4H3. The average molecular weight is 267 g/mol.